The largest absolute Gasteiger partial charge is 0.388 e. The van der Waals surface area contributed by atoms with E-state index in [9.17, 15) is 4.79 Å². The molecule has 0 saturated heterocycles. The Labute approximate surface area is 123 Å². The van der Waals surface area contributed by atoms with Crippen molar-refractivity contribution in [2.75, 3.05) is 32.5 Å². The fourth-order valence-corrected chi connectivity index (χ4v) is 1.55. The number of carbonyl (C=O) groups is 1. The van der Waals surface area contributed by atoms with Gasteiger partial charge in [-0.1, -0.05) is 23.7 Å². The predicted octanol–water partition coefficient (Wildman–Crippen LogP) is 1.84. The average Bonchev–Trinajstić information content (AvgIpc) is 2.41. The molecular weight excluding hydrogens is 276 g/mol. The highest BCUT2D eigenvalue weighted by Gasteiger charge is 2.10. The van der Waals surface area contributed by atoms with Crippen LogP contribution in [0.25, 0.3) is 0 Å². The second kappa shape index (κ2) is 8.20. The van der Waals surface area contributed by atoms with Crippen LogP contribution >= 0.6 is 11.6 Å². The van der Waals surface area contributed by atoms with E-state index in [1.165, 1.54) is 6.20 Å². The van der Waals surface area contributed by atoms with Crippen molar-refractivity contribution in [2.24, 2.45) is 0 Å². The Balaban J connectivity index is 2.62. The molecule has 20 heavy (non-hydrogen) atoms. The molecule has 6 heteroatoms. The zero-order chi connectivity index (χ0) is 15.0. The minimum Gasteiger partial charge on any atom is -0.388 e. The number of rotatable bonds is 6. The van der Waals surface area contributed by atoms with Gasteiger partial charge in [0.05, 0.1) is 10.7 Å². The molecule has 0 atom stereocenters. The van der Waals surface area contributed by atoms with Crippen molar-refractivity contribution in [3.8, 4) is 6.07 Å². The quantitative estimate of drug-likeness (QED) is 0.477. The lowest BCUT2D eigenvalue weighted by Gasteiger charge is -2.09. The summed E-state index contributed by atoms with van der Waals surface area (Å²) in [7, 11) is 3.89. The standard InChI is InChI=1S/C14H17ClN4O/c1-19(2)8-7-17-10-11(9-16)14(20)18-13-6-4-3-5-12(13)15/h3-6,10,17H,7-8H2,1-2H3,(H,18,20)/b11-10-. The maximum Gasteiger partial charge on any atom is 0.267 e. The number of likely N-dealkylation sites (N-methyl/N-ethyl adjacent to an activating group) is 1. The summed E-state index contributed by atoms with van der Waals surface area (Å²) in [6.07, 6.45) is 1.41. The molecule has 0 spiro atoms. The minimum atomic E-state index is -0.488. The molecule has 106 valence electrons. The number of anilines is 1. The monoisotopic (exact) mass is 292 g/mol. The van der Waals surface area contributed by atoms with Crippen LogP contribution in [-0.2, 0) is 4.79 Å². The molecule has 0 heterocycles. The maximum absolute atomic E-state index is 11.9. The second-order valence-electron chi connectivity index (χ2n) is 4.36. The Bertz CT molecular complexity index is 534. The Kier molecular flexibility index (Phi) is 6.57. The van der Waals surface area contributed by atoms with Gasteiger partial charge in [0, 0.05) is 19.3 Å². The summed E-state index contributed by atoms with van der Waals surface area (Å²) in [6.45, 7) is 1.46. The van der Waals surface area contributed by atoms with Gasteiger partial charge in [0.25, 0.3) is 5.91 Å². The first kappa shape index (κ1) is 16.0. The zero-order valence-electron chi connectivity index (χ0n) is 11.5. The fraction of sp³-hybridized carbons (Fsp3) is 0.286. The van der Waals surface area contributed by atoms with Gasteiger partial charge in [0.1, 0.15) is 11.6 Å². The molecule has 0 aromatic heterocycles. The molecule has 0 aliphatic rings. The summed E-state index contributed by atoms with van der Waals surface area (Å²) >= 11 is 5.94. The molecule has 1 amide bonds. The van der Waals surface area contributed by atoms with Gasteiger partial charge in [-0.2, -0.15) is 5.26 Å². The van der Waals surface area contributed by atoms with Crippen molar-refractivity contribution in [3.05, 3.63) is 41.1 Å². The number of hydrogen-bond acceptors (Lipinski definition) is 4. The van der Waals surface area contributed by atoms with Crippen LogP contribution in [0.5, 0.6) is 0 Å². The smallest absolute Gasteiger partial charge is 0.267 e. The third-order valence-electron chi connectivity index (χ3n) is 2.44. The lowest BCUT2D eigenvalue weighted by atomic mass is 10.2. The number of nitriles is 1. The van der Waals surface area contributed by atoms with Crippen LogP contribution in [0, 0.1) is 11.3 Å². The summed E-state index contributed by atoms with van der Waals surface area (Å²) in [5, 5.41) is 14.9. The third kappa shape index (κ3) is 5.31. The van der Waals surface area contributed by atoms with E-state index in [4.69, 9.17) is 16.9 Å². The summed E-state index contributed by atoms with van der Waals surface area (Å²) in [5.41, 5.74) is 0.484. The highest BCUT2D eigenvalue weighted by Crippen LogP contribution is 2.20. The first-order valence-electron chi connectivity index (χ1n) is 6.09. The molecule has 2 N–H and O–H groups in total. The Morgan fingerprint density at radius 1 is 1.45 bits per heavy atom. The van der Waals surface area contributed by atoms with E-state index in [0.29, 0.717) is 17.3 Å². The lowest BCUT2D eigenvalue weighted by molar-refractivity contribution is -0.112. The van der Waals surface area contributed by atoms with Gasteiger partial charge in [-0.05, 0) is 26.2 Å². The average molecular weight is 293 g/mol. The lowest BCUT2D eigenvalue weighted by Crippen LogP contribution is -2.24. The number of nitrogens with zero attached hydrogens (tertiary/aromatic N) is 2. The molecule has 5 nitrogen and oxygen atoms in total. The summed E-state index contributed by atoms with van der Waals surface area (Å²) in [5.74, 6) is -0.488. The number of carbonyl (C=O) groups excluding carboxylic acids is 1. The molecule has 1 aromatic rings. The molecule has 0 unspecified atom stereocenters. The number of halogens is 1. The molecule has 0 fully saturated rings. The van der Waals surface area contributed by atoms with E-state index in [1.54, 1.807) is 24.3 Å². The van der Waals surface area contributed by atoms with Gasteiger partial charge in [0.15, 0.2) is 0 Å². The summed E-state index contributed by atoms with van der Waals surface area (Å²) in [6, 6.07) is 8.73. The van der Waals surface area contributed by atoms with E-state index < -0.39 is 5.91 Å². The van der Waals surface area contributed by atoms with Crippen LogP contribution in [0.4, 0.5) is 5.69 Å². The number of hydrogen-bond donors (Lipinski definition) is 2. The minimum absolute atomic E-state index is 0.00340. The van der Waals surface area contributed by atoms with E-state index in [-0.39, 0.29) is 5.57 Å². The van der Waals surface area contributed by atoms with Crippen LogP contribution < -0.4 is 10.6 Å². The van der Waals surface area contributed by atoms with Crippen LogP contribution in [0.15, 0.2) is 36.0 Å². The molecule has 0 aliphatic heterocycles. The number of benzene rings is 1. The SMILES string of the molecule is CN(C)CCN/C=C(/C#N)C(=O)Nc1ccccc1Cl. The van der Waals surface area contributed by atoms with Gasteiger partial charge in [-0.15, -0.1) is 0 Å². The molecular formula is C14H17ClN4O. The van der Waals surface area contributed by atoms with Crippen molar-refractivity contribution in [2.45, 2.75) is 0 Å². The van der Waals surface area contributed by atoms with Crippen molar-refractivity contribution < 1.29 is 4.79 Å². The number of amides is 1. The molecule has 1 rings (SSSR count). The van der Waals surface area contributed by atoms with Crippen LogP contribution in [0.3, 0.4) is 0 Å². The summed E-state index contributed by atoms with van der Waals surface area (Å²) < 4.78 is 0. The second-order valence-corrected chi connectivity index (χ2v) is 4.77. The Hall–Kier alpha value is -2.03. The van der Waals surface area contributed by atoms with Crippen LogP contribution in [-0.4, -0.2) is 38.0 Å². The van der Waals surface area contributed by atoms with Crippen molar-refractivity contribution in [1.82, 2.24) is 10.2 Å². The van der Waals surface area contributed by atoms with Crippen molar-refractivity contribution in [1.29, 1.82) is 5.26 Å². The van der Waals surface area contributed by atoms with E-state index in [2.05, 4.69) is 10.6 Å². The van der Waals surface area contributed by atoms with Gasteiger partial charge < -0.3 is 15.5 Å². The first-order valence-corrected chi connectivity index (χ1v) is 6.46. The van der Waals surface area contributed by atoms with E-state index in [1.807, 2.05) is 25.1 Å². The molecule has 0 aliphatic carbocycles. The summed E-state index contributed by atoms with van der Waals surface area (Å²) in [4.78, 5) is 13.9. The van der Waals surface area contributed by atoms with Crippen molar-refractivity contribution in [3.63, 3.8) is 0 Å². The highest BCUT2D eigenvalue weighted by molar-refractivity contribution is 6.33. The molecule has 0 radical (unpaired) electrons. The zero-order valence-corrected chi connectivity index (χ0v) is 12.2. The van der Waals surface area contributed by atoms with Gasteiger partial charge in [-0.3, -0.25) is 4.79 Å². The van der Waals surface area contributed by atoms with Crippen LogP contribution in [0.2, 0.25) is 5.02 Å². The van der Waals surface area contributed by atoms with Crippen molar-refractivity contribution >= 4 is 23.2 Å². The fourth-order valence-electron chi connectivity index (χ4n) is 1.36. The van der Waals surface area contributed by atoms with Gasteiger partial charge in [0.2, 0.25) is 0 Å². The van der Waals surface area contributed by atoms with Gasteiger partial charge in [-0.25, -0.2) is 0 Å². The topological polar surface area (TPSA) is 68.2 Å². The normalized spacial score (nSPS) is 11.1. The first-order chi connectivity index (χ1) is 9.54. The Morgan fingerprint density at radius 2 is 2.15 bits per heavy atom. The molecule has 0 bridgehead atoms. The van der Waals surface area contributed by atoms with E-state index in [0.717, 1.165) is 6.54 Å². The van der Waals surface area contributed by atoms with E-state index >= 15 is 0 Å². The van der Waals surface area contributed by atoms with Crippen LogP contribution in [0.1, 0.15) is 0 Å². The highest BCUT2D eigenvalue weighted by atomic mass is 35.5. The third-order valence-corrected chi connectivity index (χ3v) is 2.77. The molecule has 0 saturated carbocycles. The predicted molar refractivity (Wildman–Crippen MR) is 80.3 cm³/mol. The van der Waals surface area contributed by atoms with Gasteiger partial charge >= 0.3 is 0 Å². The Morgan fingerprint density at radius 3 is 2.75 bits per heavy atom. The number of para-hydroxylation sites is 1. The molecule has 1 aromatic carbocycles. The number of nitrogens with one attached hydrogen (secondary N) is 2. The maximum atomic E-state index is 11.9.